The molecule has 2 rings (SSSR count). The highest BCUT2D eigenvalue weighted by Crippen LogP contribution is 2.14. The molecule has 0 unspecified atom stereocenters. The minimum Gasteiger partial charge on any atom is -0.351 e. The van der Waals surface area contributed by atoms with Gasteiger partial charge in [0.25, 0.3) is 5.91 Å². The molecule has 1 heterocycles. The quantitative estimate of drug-likeness (QED) is 0.832. The van der Waals surface area contributed by atoms with Crippen molar-refractivity contribution in [2.24, 2.45) is 0 Å². The Morgan fingerprint density at radius 1 is 1.42 bits per heavy atom. The summed E-state index contributed by atoms with van der Waals surface area (Å²) in [5.41, 5.74) is 2.08. The summed E-state index contributed by atoms with van der Waals surface area (Å²) in [4.78, 5) is 13.5. The zero-order valence-electron chi connectivity index (χ0n) is 10.5. The van der Waals surface area contributed by atoms with E-state index < -0.39 is 0 Å². The molecule has 6 heteroatoms. The standard InChI is InChI=1S/C13H13N5O/c1-10-3-4-12(18-16-7-8-17-18)11(9-10)13(19)15-6-2-5-14/h3-4,7-9H,2,6H2,1H3,(H,15,19). The first-order chi connectivity index (χ1) is 9.22. The third-order valence-electron chi connectivity index (χ3n) is 2.55. The van der Waals surface area contributed by atoms with Crippen molar-refractivity contribution in [3.05, 3.63) is 41.7 Å². The van der Waals surface area contributed by atoms with E-state index in [9.17, 15) is 4.79 Å². The van der Waals surface area contributed by atoms with Gasteiger partial charge in [0.1, 0.15) is 0 Å². The zero-order chi connectivity index (χ0) is 13.7. The van der Waals surface area contributed by atoms with Crippen LogP contribution in [0.3, 0.4) is 0 Å². The van der Waals surface area contributed by atoms with Crippen molar-refractivity contribution >= 4 is 5.91 Å². The number of aryl methyl sites for hydroxylation is 1. The van der Waals surface area contributed by atoms with E-state index in [0.717, 1.165) is 5.56 Å². The summed E-state index contributed by atoms with van der Waals surface area (Å²) in [6.45, 7) is 2.24. The average molecular weight is 255 g/mol. The normalized spacial score (nSPS) is 9.89. The molecule has 0 saturated carbocycles. The van der Waals surface area contributed by atoms with E-state index >= 15 is 0 Å². The van der Waals surface area contributed by atoms with Crippen LogP contribution in [0.1, 0.15) is 22.3 Å². The van der Waals surface area contributed by atoms with Gasteiger partial charge in [-0.15, -0.1) is 0 Å². The number of hydrogen-bond acceptors (Lipinski definition) is 4. The van der Waals surface area contributed by atoms with Gasteiger partial charge in [0, 0.05) is 6.54 Å². The number of amides is 1. The molecule has 0 atom stereocenters. The third-order valence-corrected chi connectivity index (χ3v) is 2.55. The van der Waals surface area contributed by atoms with Crippen LogP contribution in [0.15, 0.2) is 30.6 Å². The minimum atomic E-state index is -0.230. The Morgan fingerprint density at radius 2 is 2.16 bits per heavy atom. The molecule has 6 nitrogen and oxygen atoms in total. The summed E-state index contributed by atoms with van der Waals surface area (Å²) in [5, 5.41) is 19.2. The van der Waals surface area contributed by atoms with Gasteiger partial charge in [-0.1, -0.05) is 11.6 Å². The molecule has 1 amide bonds. The molecule has 0 radical (unpaired) electrons. The summed E-state index contributed by atoms with van der Waals surface area (Å²) >= 11 is 0. The lowest BCUT2D eigenvalue weighted by atomic mass is 10.1. The second-order valence-electron chi connectivity index (χ2n) is 4.00. The van der Waals surface area contributed by atoms with Crippen molar-refractivity contribution in [2.45, 2.75) is 13.3 Å². The predicted octanol–water partition coefficient (Wildman–Crippen LogP) is 1.22. The van der Waals surface area contributed by atoms with Crippen LogP contribution in [0.5, 0.6) is 0 Å². The minimum absolute atomic E-state index is 0.230. The van der Waals surface area contributed by atoms with Gasteiger partial charge in [0.2, 0.25) is 0 Å². The fourth-order valence-corrected chi connectivity index (χ4v) is 1.67. The van der Waals surface area contributed by atoms with Crippen molar-refractivity contribution < 1.29 is 4.79 Å². The number of nitrogens with one attached hydrogen (secondary N) is 1. The lowest BCUT2D eigenvalue weighted by molar-refractivity contribution is 0.0954. The summed E-state index contributed by atoms with van der Waals surface area (Å²) in [7, 11) is 0. The van der Waals surface area contributed by atoms with Crippen LogP contribution in [-0.4, -0.2) is 27.4 Å². The summed E-state index contributed by atoms with van der Waals surface area (Å²) in [5.74, 6) is -0.230. The maximum absolute atomic E-state index is 12.1. The van der Waals surface area contributed by atoms with Crippen molar-refractivity contribution in [1.82, 2.24) is 20.3 Å². The summed E-state index contributed by atoms with van der Waals surface area (Å²) in [6.07, 6.45) is 3.39. The Morgan fingerprint density at radius 3 is 2.84 bits per heavy atom. The van der Waals surface area contributed by atoms with Crippen LogP contribution in [0.2, 0.25) is 0 Å². The number of benzene rings is 1. The van der Waals surface area contributed by atoms with Crippen LogP contribution in [0.25, 0.3) is 5.69 Å². The van der Waals surface area contributed by atoms with Crippen LogP contribution < -0.4 is 5.32 Å². The monoisotopic (exact) mass is 255 g/mol. The van der Waals surface area contributed by atoms with Gasteiger partial charge in [-0.2, -0.15) is 20.3 Å². The van der Waals surface area contributed by atoms with Gasteiger partial charge in [-0.3, -0.25) is 4.79 Å². The Labute approximate surface area is 110 Å². The van der Waals surface area contributed by atoms with E-state index in [4.69, 9.17) is 5.26 Å². The lowest BCUT2D eigenvalue weighted by Crippen LogP contribution is -2.26. The Hall–Kier alpha value is -2.68. The highest BCUT2D eigenvalue weighted by Gasteiger charge is 2.13. The van der Waals surface area contributed by atoms with Crippen LogP contribution in [-0.2, 0) is 0 Å². The molecule has 0 fully saturated rings. The van der Waals surface area contributed by atoms with Gasteiger partial charge in [0.15, 0.2) is 0 Å². The summed E-state index contributed by atoms with van der Waals surface area (Å²) < 4.78 is 0. The van der Waals surface area contributed by atoms with Crippen LogP contribution in [0, 0.1) is 18.3 Å². The van der Waals surface area contributed by atoms with E-state index in [2.05, 4.69) is 15.5 Å². The molecule has 1 N–H and O–H groups in total. The molecule has 0 aliphatic rings. The van der Waals surface area contributed by atoms with Gasteiger partial charge >= 0.3 is 0 Å². The SMILES string of the molecule is Cc1ccc(-n2nccn2)c(C(=O)NCCC#N)c1. The molecule has 1 aromatic heterocycles. The van der Waals surface area contributed by atoms with E-state index in [1.54, 1.807) is 24.5 Å². The molecule has 1 aromatic carbocycles. The first-order valence-corrected chi connectivity index (χ1v) is 5.85. The number of rotatable bonds is 4. The largest absolute Gasteiger partial charge is 0.351 e. The molecular weight excluding hydrogens is 242 g/mol. The van der Waals surface area contributed by atoms with Crippen molar-refractivity contribution in [1.29, 1.82) is 5.26 Å². The fraction of sp³-hybridized carbons (Fsp3) is 0.231. The maximum Gasteiger partial charge on any atom is 0.253 e. The van der Waals surface area contributed by atoms with Gasteiger partial charge in [-0.05, 0) is 19.1 Å². The molecule has 0 bridgehead atoms. The van der Waals surface area contributed by atoms with E-state index in [1.165, 1.54) is 4.80 Å². The van der Waals surface area contributed by atoms with Crippen molar-refractivity contribution in [3.63, 3.8) is 0 Å². The first-order valence-electron chi connectivity index (χ1n) is 5.85. The number of nitriles is 1. The molecule has 19 heavy (non-hydrogen) atoms. The number of aromatic nitrogens is 3. The molecule has 0 spiro atoms. The van der Waals surface area contributed by atoms with Gasteiger partial charge in [0.05, 0.1) is 36.1 Å². The zero-order valence-corrected chi connectivity index (χ0v) is 10.5. The summed E-state index contributed by atoms with van der Waals surface area (Å²) in [6, 6.07) is 7.46. The molecule has 2 aromatic rings. The number of carbonyl (C=O) groups excluding carboxylic acids is 1. The highest BCUT2D eigenvalue weighted by molar-refractivity contribution is 5.97. The van der Waals surface area contributed by atoms with E-state index in [-0.39, 0.29) is 12.3 Å². The average Bonchev–Trinajstić information content (AvgIpc) is 2.92. The second kappa shape index (κ2) is 5.78. The molecule has 0 aliphatic carbocycles. The fourth-order valence-electron chi connectivity index (χ4n) is 1.67. The highest BCUT2D eigenvalue weighted by atomic mass is 16.1. The van der Waals surface area contributed by atoms with Crippen molar-refractivity contribution in [2.75, 3.05) is 6.54 Å². The molecule has 0 saturated heterocycles. The molecule has 0 aliphatic heterocycles. The van der Waals surface area contributed by atoms with Gasteiger partial charge in [-0.25, -0.2) is 0 Å². The topological polar surface area (TPSA) is 83.6 Å². The Balaban J connectivity index is 2.30. The van der Waals surface area contributed by atoms with Gasteiger partial charge < -0.3 is 5.32 Å². The first kappa shape index (κ1) is 12.8. The Kier molecular flexibility index (Phi) is 3.88. The molecule has 96 valence electrons. The molecular formula is C13H13N5O. The Bertz CT molecular complexity index is 612. The number of carbonyl (C=O) groups is 1. The smallest absolute Gasteiger partial charge is 0.253 e. The van der Waals surface area contributed by atoms with Crippen LogP contribution in [0.4, 0.5) is 0 Å². The predicted molar refractivity (Wildman–Crippen MR) is 68.7 cm³/mol. The lowest BCUT2D eigenvalue weighted by Gasteiger charge is -2.09. The van der Waals surface area contributed by atoms with E-state index in [0.29, 0.717) is 17.8 Å². The second-order valence-corrected chi connectivity index (χ2v) is 4.00. The third kappa shape index (κ3) is 2.96. The number of hydrogen-bond donors (Lipinski definition) is 1. The van der Waals surface area contributed by atoms with Crippen molar-refractivity contribution in [3.8, 4) is 11.8 Å². The maximum atomic E-state index is 12.1. The van der Waals surface area contributed by atoms with Crippen LogP contribution >= 0.6 is 0 Å². The number of nitrogens with zero attached hydrogens (tertiary/aromatic N) is 4. The van der Waals surface area contributed by atoms with E-state index in [1.807, 2.05) is 19.1 Å².